The summed E-state index contributed by atoms with van der Waals surface area (Å²) in [5.74, 6) is 0.642. The molecule has 2 unspecified atom stereocenters. The molecule has 2 heterocycles. The number of hydrogen-bond donors (Lipinski definition) is 1. The van der Waals surface area contributed by atoms with E-state index in [4.69, 9.17) is 5.73 Å². The number of nitrogens with zero attached hydrogens (tertiary/aromatic N) is 3. The molecule has 2 N–H and O–H groups in total. The van der Waals surface area contributed by atoms with Gasteiger partial charge < -0.3 is 5.73 Å². The summed E-state index contributed by atoms with van der Waals surface area (Å²) in [6, 6.07) is 0.0105. The van der Waals surface area contributed by atoms with E-state index < -0.39 is 10.0 Å². The molecule has 7 heteroatoms. The average molecular weight is 270 g/mol. The average Bonchev–Trinajstić information content (AvgIpc) is 2.29. The summed E-state index contributed by atoms with van der Waals surface area (Å²) in [5.41, 5.74) is 5.36. The molecule has 0 bridgehead atoms. The van der Waals surface area contributed by atoms with Crippen molar-refractivity contribution in [1.82, 2.24) is 14.3 Å². The van der Waals surface area contributed by atoms with Gasteiger partial charge in [0.05, 0.1) is 12.4 Å². The number of rotatable bonds is 2. The van der Waals surface area contributed by atoms with E-state index in [1.165, 1.54) is 16.7 Å². The second-order valence-electron chi connectivity index (χ2n) is 4.87. The Morgan fingerprint density at radius 1 is 1.33 bits per heavy atom. The highest BCUT2D eigenvalue weighted by atomic mass is 32.2. The third kappa shape index (κ3) is 2.46. The van der Waals surface area contributed by atoms with Crippen LogP contribution in [0.4, 0.5) is 5.95 Å². The van der Waals surface area contributed by atoms with Crippen molar-refractivity contribution in [3.8, 4) is 0 Å². The van der Waals surface area contributed by atoms with Gasteiger partial charge in [-0.2, -0.15) is 4.31 Å². The van der Waals surface area contributed by atoms with Crippen LogP contribution in [0.25, 0.3) is 0 Å². The molecular weight excluding hydrogens is 252 g/mol. The van der Waals surface area contributed by atoms with Gasteiger partial charge in [-0.15, -0.1) is 0 Å². The standard InChI is InChI=1S/C11H18N4O2S/c1-8-3-4-15(9(2)5-8)18(16,17)10-6-13-11(12)14-7-10/h6-9H,3-5H2,1-2H3,(H2,12,13,14). The van der Waals surface area contributed by atoms with Crippen LogP contribution in [0.2, 0.25) is 0 Å². The molecule has 0 spiro atoms. The van der Waals surface area contributed by atoms with Crippen molar-refractivity contribution in [2.75, 3.05) is 12.3 Å². The van der Waals surface area contributed by atoms with Gasteiger partial charge in [-0.3, -0.25) is 0 Å². The maximum Gasteiger partial charge on any atom is 0.246 e. The predicted molar refractivity (Wildman–Crippen MR) is 68.2 cm³/mol. The van der Waals surface area contributed by atoms with Crippen LogP contribution in [-0.4, -0.2) is 35.3 Å². The minimum absolute atomic E-state index is 0.0105. The SMILES string of the molecule is CC1CCN(S(=O)(=O)c2cnc(N)nc2)C(C)C1. The van der Waals surface area contributed by atoms with E-state index in [0.29, 0.717) is 12.5 Å². The third-order valence-electron chi connectivity index (χ3n) is 3.33. The Kier molecular flexibility index (Phi) is 3.54. The number of hydrogen-bond acceptors (Lipinski definition) is 5. The van der Waals surface area contributed by atoms with Gasteiger partial charge in [0.15, 0.2) is 0 Å². The van der Waals surface area contributed by atoms with Crippen LogP contribution in [0, 0.1) is 5.92 Å². The molecule has 1 aliphatic rings. The van der Waals surface area contributed by atoms with Gasteiger partial charge in [0.1, 0.15) is 4.90 Å². The summed E-state index contributed by atoms with van der Waals surface area (Å²) in [6.07, 6.45) is 4.30. The van der Waals surface area contributed by atoms with Gasteiger partial charge in [-0.1, -0.05) is 6.92 Å². The molecule has 0 aromatic carbocycles. The van der Waals surface area contributed by atoms with Crippen LogP contribution < -0.4 is 5.73 Å². The zero-order valence-electron chi connectivity index (χ0n) is 10.6. The fraction of sp³-hybridized carbons (Fsp3) is 0.636. The van der Waals surface area contributed by atoms with Crippen LogP contribution in [0.5, 0.6) is 0 Å². The number of aromatic nitrogens is 2. The van der Waals surface area contributed by atoms with Crippen molar-refractivity contribution in [3.05, 3.63) is 12.4 Å². The number of nitrogen functional groups attached to an aromatic ring is 1. The molecule has 1 aromatic rings. The van der Waals surface area contributed by atoms with E-state index in [1.807, 2.05) is 6.92 Å². The highest BCUT2D eigenvalue weighted by Gasteiger charge is 2.33. The number of sulfonamides is 1. The molecule has 0 saturated carbocycles. The molecule has 0 radical (unpaired) electrons. The summed E-state index contributed by atoms with van der Waals surface area (Å²) >= 11 is 0. The first kappa shape index (κ1) is 13.2. The molecule has 2 rings (SSSR count). The van der Waals surface area contributed by atoms with Crippen molar-refractivity contribution in [3.63, 3.8) is 0 Å². The zero-order chi connectivity index (χ0) is 13.3. The van der Waals surface area contributed by atoms with E-state index in [0.717, 1.165) is 12.8 Å². The van der Waals surface area contributed by atoms with Crippen LogP contribution in [0.3, 0.4) is 0 Å². The maximum absolute atomic E-state index is 12.4. The minimum Gasteiger partial charge on any atom is -0.368 e. The van der Waals surface area contributed by atoms with Crippen molar-refractivity contribution in [2.45, 2.75) is 37.6 Å². The fourth-order valence-electron chi connectivity index (χ4n) is 2.34. The zero-order valence-corrected chi connectivity index (χ0v) is 11.4. The number of piperidine rings is 1. The molecule has 100 valence electrons. The van der Waals surface area contributed by atoms with Crippen LogP contribution >= 0.6 is 0 Å². The van der Waals surface area contributed by atoms with E-state index in [9.17, 15) is 8.42 Å². The number of anilines is 1. The first-order chi connectivity index (χ1) is 8.41. The predicted octanol–water partition coefficient (Wildman–Crippen LogP) is 0.868. The van der Waals surface area contributed by atoms with Crippen molar-refractivity contribution in [1.29, 1.82) is 0 Å². The molecule has 1 saturated heterocycles. The Balaban J connectivity index is 2.28. The molecule has 1 fully saturated rings. The van der Waals surface area contributed by atoms with E-state index in [2.05, 4.69) is 16.9 Å². The first-order valence-corrected chi connectivity index (χ1v) is 7.44. The summed E-state index contributed by atoms with van der Waals surface area (Å²) in [5, 5.41) is 0. The molecule has 0 aliphatic carbocycles. The molecule has 0 amide bonds. The molecule has 2 atom stereocenters. The fourth-order valence-corrected chi connectivity index (χ4v) is 3.89. The van der Waals surface area contributed by atoms with E-state index in [-0.39, 0.29) is 16.9 Å². The van der Waals surface area contributed by atoms with Gasteiger partial charge in [0.2, 0.25) is 16.0 Å². The normalized spacial score (nSPS) is 26.1. The summed E-state index contributed by atoms with van der Waals surface area (Å²) in [4.78, 5) is 7.59. The Bertz CT molecular complexity index is 514. The molecule has 1 aromatic heterocycles. The maximum atomic E-state index is 12.4. The Morgan fingerprint density at radius 3 is 2.50 bits per heavy atom. The monoisotopic (exact) mass is 270 g/mol. The van der Waals surface area contributed by atoms with Gasteiger partial charge in [0.25, 0.3) is 0 Å². The quantitative estimate of drug-likeness (QED) is 0.861. The van der Waals surface area contributed by atoms with Gasteiger partial charge in [0, 0.05) is 12.6 Å². The lowest BCUT2D eigenvalue weighted by Gasteiger charge is -2.35. The molecular formula is C11H18N4O2S. The van der Waals surface area contributed by atoms with Crippen LogP contribution in [0.15, 0.2) is 17.3 Å². The van der Waals surface area contributed by atoms with Crippen molar-refractivity contribution in [2.24, 2.45) is 5.92 Å². The third-order valence-corrected chi connectivity index (χ3v) is 5.30. The lowest BCUT2D eigenvalue weighted by Crippen LogP contribution is -2.44. The molecule has 18 heavy (non-hydrogen) atoms. The van der Waals surface area contributed by atoms with Crippen molar-refractivity contribution >= 4 is 16.0 Å². The van der Waals surface area contributed by atoms with Crippen LogP contribution in [0.1, 0.15) is 26.7 Å². The topological polar surface area (TPSA) is 89.2 Å². The van der Waals surface area contributed by atoms with Gasteiger partial charge in [-0.25, -0.2) is 18.4 Å². The minimum atomic E-state index is -3.50. The largest absolute Gasteiger partial charge is 0.368 e. The Hall–Kier alpha value is -1.21. The molecule has 1 aliphatic heterocycles. The highest BCUT2D eigenvalue weighted by molar-refractivity contribution is 7.89. The summed E-state index contributed by atoms with van der Waals surface area (Å²) in [7, 11) is -3.50. The van der Waals surface area contributed by atoms with E-state index >= 15 is 0 Å². The van der Waals surface area contributed by atoms with Gasteiger partial charge >= 0.3 is 0 Å². The summed E-state index contributed by atoms with van der Waals surface area (Å²) < 4.78 is 26.4. The van der Waals surface area contributed by atoms with Crippen LogP contribution in [-0.2, 0) is 10.0 Å². The molecule has 6 nitrogen and oxygen atoms in total. The smallest absolute Gasteiger partial charge is 0.246 e. The highest BCUT2D eigenvalue weighted by Crippen LogP contribution is 2.27. The Morgan fingerprint density at radius 2 is 1.94 bits per heavy atom. The van der Waals surface area contributed by atoms with Crippen molar-refractivity contribution < 1.29 is 8.42 Å². The lowest BCUT2D eigenvalue weighted by atomic mass is 9.95. The second kappa shape index (κ2) is 4.81. The second-order valence-corrected chi connectivity index (χ2v) is 6.76. The summed E-state index contributed by atoms with van der Waals surface area (Å²) in [6.45, 7) is 4.63. The number of nitrogens with two attached hydrogens (primary N) is 1. The van der Waals surface area contributed by atoms with Gasteiger partial charge in [-0.05, 0) is 25.7 Å². The first-order valence-electron chi connectivity index (χ1n) is 6.00. The van der Waals surface area contributed by atoms with E-state index in [1.54, 1.807) is 0 Å². The lowest BCUT2D eigenvalue weighted by molar-refractivity contribution is 0.220. The Labute approximate surface area is 107 Å².